The maximum absolute atomic E-state index is 12.6. The lowest BCUT2D eigenvalue weighted by Crippen LogP contribution is -2.43. The molecule has 0 saturated carbocycles. The zero-order chi connectivity index (χ0) is 17.6. The standard InChI is InChI=1S/C19H30N4O2/c1-15-13-20-14-21-19(15)17-5-7-23(8-6-17)18(24)4-3-16(2)22-9-11-25-12-10-22/h13-14,16-17H,3-12H2,1-2H3/t16-/m1/s1. The second-order valence-corrected chi connectivity index (χ2v) is 7.28. The van der Waals surface area contributed by atoms with Crippen LogP contribution in [0.3, 0.4) is 0 Å². The number of likely N-dealkylation sites (tertiary alicyclic amines) is 1. The Kier molecular flexibility index (Phi) is 6.37. The van der Waals surface area contributed by atoms with Gasteiger partial charge in [-0.05, 0) is 38.7 Å². The molecule has 0 aromatic carbocycles. The van der Waals surface area contributed by atoms with E-state index in [2.05, 4.69) is 28.7 Å². The van der Waals surface area contributed by atoms with Crippen LogP contribution in [0.4, 0.5) is 0 Å². The largest absolute Gasteiger partial charge is 0.379 e. The van der Waals surface area contributed by atoms with Crippen molar-refractivity contribution in [1.29, 1.82) is 0 Å². The molecule has 138 valence electrons. The van der Waals surface area contributed by atoms with Crippen molar-refractivity contribution in [3.05, 3.63) is 23.8 Å². The van der Waals surface area contributed by atoms with Gasteiger partial charge in [0.25, 0.3) is 0 Å². The Morgan fingerprint density at radius 2 is 2.00 bits per heavy atom. The summed E-state index contributed by atoms with van der Waals surface area (Å²) in [4.78, 5) is 25.6. The highest BCUT2D eigenvalue weighted by Gasteiger charge is 2.26. The van der Waals surface area contributed by atoms with Gasteiger partial charge in [-0.3, -0.25) is 9.69 Å². The molecule has 1 atom stereocenters. The number of aryl methyl sites for hydroxylation is 1. The first-order chi connectivity index (χ1) is 12.1. The predicted molar refractivity (Wildman–Crippen MR) is 96.4 cm³/mol. The number of hydrogen-bond acceptors (Lipinski definition) is 5. The minimum absolute atomic E-state index is 0.304. The molecule has 0 spiro atoms. The van der Waals surface area contributed by atoms with Gasteiger partial charge in [-0.1, -0.05) is 0 Å². The molecule has 1 amide bonds. The summed E-state index contributed by atoms with van der Waals surface area (Å²) in [5.41, 5.74) is 2.31. The van der Waals surface area contributed by atoms with Crippen LogP contribution in [0.5, 0.6) is 0 Å². The molecular formula is C19H30N4O2. The van der Waals surface area contributed by atoms with E-state index in [9.17, 15) is 4.79 Å². The van der Waals surface area contributed by atoms with E-state index in [0.29, 0.717) is 24.3 Å². The number of carbonyl (C=O) groups excluding carboxylic acids is 1. The van der Waals surface area contributed by atoms with Crippen LogP contribution >= 0.6 is 0 Å². The lowest BCUT2D eigenvalue weighted by Gasteiger charge is -2.34. The van der Waals surface area contributed by atoms with Crippen LogP contribution in [-0.2, 0) is 9.53 Å². The Hall–Kier alpha value is -1.53. The Bertz CT molecular complexity index is 566. The highest BCUT2D eigenvalue weighted by atomic mass is 16.5. The molecule has 0 unspecified atom stereocenters. The van der Waals surface area contributed by atoms with Crippen molar-refractivity contribution in [3.8, 4) is 0 Å². The first-order valence-electron chi connectivity index (χ1n) is 9.51. The summed E-state index contributed by atoms with van der Waals surface area (Å²) in [7, 11) is 0. The molecule has 3 heterocycles. The number of morpholine rings is 1. The van der Waals surface area contributed by atoms with Crippen molar-refractivity contribution in [2.45, 2.75) is 51.5 Å². The minimum atomic E-state index is 0.304. The Labute approximate surface area is 150 Å². The monoisotopic (exact) mass is 346 g/mol. The van der Waals surface area contributed by atoms with Gasteiger partial charge in [-0.2, -0.15) is 0 Å². The minimum Gasteiger partial charge on any atom is -0.379 e. The van der Waals surface area contributed by atoms with Crippen molar-refractivity contribution in [2.24, 2.45) is 0 Å². The summed E-state index contributed by atoms with van der Waals surface area (Å²) < 4.78 is 5.40. The second kappa shape index (κ2) is 8.72. The van der Waals surface area contributed by atoms with Crippen LogP contribution in [0, 0.1) is 6.92 Å². The zero-order valence-corrected chi connectivity index (χ0v) is 15.5. The predicted octanol–water partition coefficient (Wildman–Crippen LogP) is 1.99. The summed E-state index contributed by atoms with van der Waals surface area (Å²) >= 11 is 0. The molecule has 6 heteroatoms. The van der Waals surface area contributed by atoms with E-state index in [1.165, 1.54) is 0 Å². The first kappa shape index (κ1) is 18.3. The molecule has 1 aromatic rings. The van der Waals surface area contributed by atoms with Crippen LogP contribution in [0.15, 0.2) is 12.5 Å². The zero-order valence-electron chi connectivity index (χ0n) is 15.5. The first-order valence-corrected chi connectivity index (χ1v) is 9.51. The van der Waals surface area contributed by atoms with Crippen molar-refractivity contribution < 1.29 is 9.53 Å². The molecule has 6 nitrogen and oxygen atoms in total. The molecule has 0 bridgehead atoms. The molecule has 25 heavy (non-hydrogen) atoms. The fourth-order valence-corrected chi connectivity index (χ4v) is 3.93. The highest BCUT2D eigenvalue weighted by Crippen LogP contribution is 2.28. The van der Waals surface area contributed by atoms with Crippen LogP contribution < -0.4 is 0 Å². The van der Waals surface area contributed by atoms with E-state index in [-0.39, 0.29) is 0 Å². The number of aromatic nitrogens is 2. The lowest BCUT2D eigenvalue weighted by atomic mass is 9.91. The summed E-state index contributed by atoms with van der Waals surface area (Å²) in [6, 6.07) is 0.453. The highest BCUT2D eigenvalue weighted by molar-refractivity contribution is 5.76. The number of hydrogen-bond donors (Lipinski definition) is 0. The molecule has 1 aromatic heterocycles. The number of amides is 1. The third-order valence-corrected chi connectivity index (χ3v) is 5.62. The Morgan fingerprint density at radius 3 is 2.68 bits per heavy atom. The van der Waals surface area contributed by atoms with E-state index in [1.54, 1.807) is 6.33 Å². The summed E-state index contributed by atoms with van der Waals surface area (Å²) in [5, 5.41) is 0. The summed E-state index contributed by atoms with van der Waals surface area (Å²) in [6.07, 6.45) is 7.10. The molecule has 2 fully saturated rings. The van der Waals surface area contributed by atoms with Gasteiger partial charge in [-0.25, -0.2) is 9.97 Å². The van der Waals surface area contributed by atoms with Crippen molar-refractivity contribution in [3.63, 3.8) is 0 Å². The van der Waals surface area contributed by atoms with Gasteiger partial charge in [0.05, 0.1) is 13.2 Å². The quantitative estimate of drug-likeness (QED) is 0.816. The smallest absolute Gasteiger partial charge is 0.222 e. The third-order valence-electron chi connectivity index (χ3n) is 5.62. The fraction of sp³-hybridized carbons (Fsp3) is 0.737. The molecule has 0 aliphatic carbocycles. The average molecular weight is 346 g/mol. The number of ether oxygens (including phenoxy) is 1. The van der Waals surface area contributed by atoms with E-state index in [1.807, 2.05) is 11.1 Å². The summed E-state index contributed by atoms with van der Waals surface area (Å²) in [5.74, 6) is 0.761. The molecule has 0 N–H and O–H groups in total. The SMILES string of the molecule is Cc1cncnc1C1CCN(C(=O)CC[C@@H](C)N2CCOCC2)CC1. The Morgan fingerprint density at radius 1 is 1.28 bits per heavy atom. The van der Waals surface area contributed by atoms with E-state index >= 15 is 0 Å². The maximum Gasteiger partial charge on any atom is 0.222 e. The molecule has 3 rings (SSSR count). The average Bonchev–Trinajstić information content (AvgIpc) is 2.67. The number of piperidine rings is 1. The van der Waals surface area contributed by atoms with E-state index < -0.39 is 0 Å². The molecule has 2 aliphatic heterocycles. The van der Waals surface area contributed by atoms with Crippen LogP contribution in [0.25, 0.3) is 0 Å². The van der Waals surface area contributed by atoms with Gasteiger partial charge in [0.1, 0.15) is 6.33 Å². The topological polar surface area (TPSA) is 58.6 Å². The van der Waals surface area contributed by atoms with Crippen molar-refractivity contribution in [1.82, 2.24) is 19.8 Å². The normalized spacial score (nSPS) is 21.3. The molecular weight excluding hydrogens is 316 g/mol. The molecule has 2 saturated heterocycles. The van der Waals surface area contributed by atoms with Crippen LogP contribution in [-0.4, -0.2) is 71.1 Å². The van der Waals surface area contributed by atoms with E-state index in [0.717, 1.165) is 69.9 Å². The van der Waals surface area contributed by atoms with Gasteiger partial charge >= 0.3 is 0 Å². The van der Waals surface area contributed by atoms with Gasteiger partial charge in [0, 0.05) is 56.5 Å². The van der Waals surface area contributed by atoms with Crippen LogP contribution in [0.2, 0.25) is 0 Å². The maximum atomic E-state index is 12.6. The van der Waals surface area contributed by atoms with Gasteiger partial charge < -0.3 is 9.64 Å². The second-order valence-electron chi connectivity index (χ2n) is 7.28. The third kappa shape index (κ3) is 4.76. The molecule has 2 aliphatic rings. The van der Waals surface area contributed by atoms with Gasteiger partial charge in [-0.15, -0.1) is 0 Å². The van der Waals surface area contributed by atoms with E-state index in [4.69, 9.17) is 4.74 Å². The fourth-order valence-electron chi connectivity index (χ4n) is 3.93. The number of rotatable bonds is 5. The molecule has 0 radical (unpaired) electrons. The lowest BCUT2D eigenvalue weighted by molar-refractivity contribution is -0.132. The van der Waals surface area contributed by atoms with Crippen LogP contribution in [0.1, 0.15) is 49.8 Å². The summed E-state index contributed by atoms with van der Waals surface area (Å²) in [6.45, 7) is 9.58. The van der Waals surface area contributed by atoms with Crippen molar-refractivity contribution >= 4 is 5.91 Å². The Balaban J connectivity index is 1.43. The number of carbonyl (C=O) groups is 1. The number of nitrogens with zero attached hydrogens (tertiary/aromatic N) is 4. The van der Waals surface area contributed by atoms with Gasteiger partial charge in [0.2, 0.25) is 5.91 Å². The van der Waals surface area contributed by atoms with Gasteiger partial charge in [0.15, 0.2) is 0 Å². The van der Waals surface area contributed by atoms with Crippen molar-refractivity contribution in [2.75, 3.05) is 39.4 Å².